The second kappa shape index (κ2) is 7.88. The highest BCUT2D eigenvalue weighted by Crippen LogP contribution is 2.32. The Bertz CT molecular complexity index is 1370. The lowest BCUT2D eigenvalue weighted by Crippen LogP contribution is -2.42. The van der Waals surface area contributed by atoms with Gasteiger partial charge in [0.1, 0.15) is 0 Å². The van der Waals surface area contributed by atoms with E-state index in [2.05, 4.69) is 32.7 Å². The number of halogens is 1. The van der Waals surface area contributed by atoms with Gasteiger partial charge in [-0.2, -0.15) is 10.1 Å². The first-order valence-electron chi connectivity index (χ1n) is 10.9. The summed E-state index contributed by atoms with van der Waals surface area (Å²) in [5, 5.41) is 16.3. The average molecular weight is 464 g/mol. The number of benzene rings is 2. The molecule has 0 spiro atoms. The van der Waals surface area contributed by atoms with Gasteiger partial charge in [-0.05, 0) is 35.7 Å². The van der Waals surface area contributed by atoms with Crippen LogP contribution in [0.1, 0.15) is 31.9 Å². The molecule has 0 fully saturated rings. The van der Waals surface area contributed by atoms with Gasteiger partial charge >= 0.3 is 0 Å². The zero-order chi connectivity index (χ0) is 23.3. The molecule has 0 saturated heterocycles. The number of aromatic amines is 1. The Morgan fingerprint density at radius 1 is 1.18 bits per heavy atom. The Balaban J connectivity index is 1.38. The molecule has 2 aromatic carbocycles. The third-order valence-electron chi connectivity index (χ3n) is 5.97. The minimum Gasteiger partial charge on any atom is -0.338 e. The SMILES string of the molecule is Cn1nc(-c2ccc3c(c2)CCN(C(=O)C(C)(C)C)C3)nc1Nc1ccc2[nH]ncc2c1Cl. The molecule has 2 N–H and O–H groups in total. The summed E-state index contributed by atoms with van der Waals surface area (Å²) < 4.78 is 1.70. The Morgan fingerprint density at radius 2 is 2.00 bits per heavy atom. The zero-order valence-electron chi connectivity index (χ0n) is 19.1. The summed E-state index contributed by atoms with van der Waals surface area (Å²) in [6.07, 6.45) is 2.53. The van der Waals surface area contributed by atoms with Gasteiger partial charge < -0.3 is 10.2 Å². The van der Waals surface area contributed by atoms with Crippen molar-refractivity contribution in [3.05, 3.63) is 52.7 Å². The number of hydrogen-bond donors (Lipinski definition) is 2. The normalized spacial score (nSPS) is 13.9. The summed E-state index contributed by atoms with van der Waals surface area (Å²) >= 11 is 6.54. The highest BCUT2D eigenvalue weighted by molar-refractivity contribution is 6.38. The van der Waals surface area contributed by atoms with Gasteiger partial charge in [0.2, 0.25) is 11.9 Å². The second-order valence-electron chi connectivity index (χ2n) is 9.48. The number of hydrogen-bond acceptors (Lipinski definition) is 5. The monoisotopic (exact) mass is 463 g/mol. The van der Waals surface area contributed by atoms with Crippen LogP contribution in [0.2, 0.25) is 5.02 Å². The summed E-state index contributed by atoms with van der Waals surface area (Å²) in [7, 11) is 1.84. The average Bonchev–Trinajstić information content (AvgIpc) is 3.41. The van der Waals surface area contributed by atoms with Crippen molar-refractivity contribution in [2.24, 2.45) is 12.5 Å². The van der Waals surface area contributed by atoms with Gasteiger partial charge in [0, 0.05) is 36.5 Å². The van der Waals surface area contributed by atoms with Crippen LogP contribution in [0.3, 0.4) is 0 Å². The predicted octanol–water partition coefficient (Wildman–Crippen LogP) is 4.69. The summed E-state index contributed by atoms with van der Waals surface area (Å²) in [5.74, 6) is 1.41. The molecule has 170 valence electrons. The minimum atomic E-state index is -0.371. The first-order valence-corrected chi connectivity index (χ1v) is 11.3. The van der Waals surface area contributed by atoms with Crippen LogP contribution >= 0.6 is 11.6 Å². The molecule has 0 bridgehead atoms. The maximum absolute atomic E-state index is 12.7. The molecule has 1 aliphatic rings. The van der Waals surface area contributed by atoms with Crippen LogP contribution in [0.5, 0.6) is 0 Å². The van der Waals surface area contributed by atoms with Gasteiger partial charge in [-0.3, -0.25) is 9.89 Å². The zero-order valence-corrected chi connectivity index (χ0v) is 19.9. The molecule has 1 amide bonds. The van der Waals surface area contributed by atoms with Crippen LogP contribution in [0.25, 0.3) is 22.3 Å². The van der Waals surface area contributed by atoms with Crippen molar-refractivity contribution < 1.29 is 4.79 Å². The third-order valence-corrected chi connectivity index (χ3v) is 6.38. The number of anilines is 2. The Kier molecular flexibility index (Phi) is 5.12. The number of rotatable bonds is 3. The molecular weight excluding hydrogens is 438 g/mol. The van der Waals surface area contributed by atoms with Gasteiger partial charge in [-0.15, -0.1) is 5.10 Å². The summed E-state index contributed by atoms with van der Waals surface area (Å²) in [5.41, 5.74) is 4.61. The van der Waals surface area contributed by atoms with Crippen LogP contribution in [0, 0.1) is 5.41 Å². The topological polar surface area (TPSA) is 91.7 Å². The number of nitrogens with zero attached hydrogens (tertiary/aromatic N) is 5. The third kappa shape index (κ3) is 3.95. The van der Waals surface area contributed by atoms with E-state index in [4.69, 9.17) is 16.6 Å². The van der Waals surface area contributed by atoms with Crippen molar-refractivity contribution in [2.45, 2.75) is 33.7 Å². The van der Waals surface area contributed by atoms with E-state index in [0.717, 1.165) is 35.1 Å². The van der Waals surface area contributed by atoms with Crippen LogP contribution < -0.4 is 5.32 Å². The van der Waals surface area contributed by atoms with E-state index in [0.29, 0.717) is 23.3 Å². The van der Waals surface area contributed by atoms with Crippen molar-refractivity contribution >= 4 is 40.0 Å². The standard InChI is InChI=1S/C24H26ClN7O/c1-24(2,3)22(33)32-10-9-14-11-15(5-6-16(14)13-32)21-28-23(31(4)30-21)27-19-8-7-18-17(20(19)25)12-26-29-18/h5-8,11-12H,9-10,13H2,1-4H3,(H,26,29)(H,27,28,30). The maximum atomic E-state index is 12.7. The number of fused-ring (bicyclic) bond motifs is 2. The molecule has 0 radical (unpaired) electrons. The van der Waals surface area contributed by atoms with Crippen molar-refractivity contribution in [3.63, 3.8) is 0 Å². The summed E-state index contributed by atoms with van der Waals surface area (Å²) in [4.78, 5) is 19.3. The first kappa shape index (κ1) is 21.5. The number of nitrogens with one attached hydrogen (secondary N) is 2. The number of aromatic nitrogens is 5. The fourth-order valence-corrected chi connectivity index (χ4v) is 4.42. The van der Waals surface area contributed by atoms with Gasteiger partial charge in [-0.25, -0.2) is 4.68 Å². The van der Waals surface area contributed by atoms with E-state index in [1.54, 1.807) is 10.9 Å². The molecule has 0 aliphatic carbocycles. The number of amides is 1. The predicted molar refractivity (Wildman–Crippen MR) is 129 cm³/mol. The first-order chi connectivity index (χ1) is 15.7. The Morgan fingerprint density at radius 3 is 2.79 bits per heavy atom. The molecule has 33 heavy (non-hydrogen) atoms. The number of carbonyl (C=O) groups is 1. The fraction of sp³-hybridized carbons (Fsp3) is 0.333. The van der Waals surface area contributed by atoms with Crippen molar-refractivity contribution in [3.8, 4) is 11.4 Å². The summed E-state index contributed by atoms with van der Waals surface area (Å²) in [6, 6.07) is 10.1. The van der Waals surface area contributed by atoms with Crippen molar-refractivity contribution in [2.75, 3.05) is 11.9 Å². The number of aryl methyl sites for hydroxylation is 1. The van der Waals surface area contributed by atoms with Gasteiger partial charge in [0.25, 0.3) is 0 Å². The van der Waals surface area contributed by atoms with E-state index in [9.17, 15) is 4.79 Å². The van der Waals surface area contributed by atoms with E-state index >= 15 is 0 Å². The lowest BCUT2D eigenvalue weighted by Gasteiger charge is -2.33. The van der Waals surface area contributed by atoms with E-state index in [1.165, 1.54) is 11.1 Å². The molecule has 1 aliphatic heterocycles. The largest absolute Gasteiger partial charge is 0.338 e. The minimum absolute atomic E-state index is 0.187. The lowest BCUT2D eigenvalue weighted by atomic mass is 9.91. The van der Waals surface area contributed by atoms with Crippen LogP contribution in [0.4, 0.5) is 11.6 Å². The highest BCUT2D eigenvalue weighted by Gasteiger charge is 2.29. The van der Waals surface area contributed by atoms with E-state index in [1.807, 2.05) is 50.9 Å². The molecule has 5 rings (SSSR count). The van der Waals surface area contributed by atoms with Crippen LogP contribution in [0.15, 0.2) is 36.5 Å². The van der Waals surface area contributed by atoms with Gasteiger partial charge in [-0.1, -0.05) is 44.5 Å². The molecule has 0 saturated carbocycles. The highest BCUT2D eigenvalue weighted by atomic mass is 35.5. The quantitative estimate of drug-likeness (QED) is 0.460. The Hall–Kier alpha value is -3.39. The molecule has 9 heteroatoms. The van der Waals surface area contributed by atoms with Crippen LogP contribution in [-0.2, 0) is 24.8 Å². The fourth-order valence-electron chi connectivity index (χ4n) is 4.16. The van der Waals surface area contributed by atoms with Gasteiger partial charge in [0.05, 0.1) is 22.4 Å². The maximum Gasteiger partial charge on any atom is 0.228 e. The molecule has 4 aromatic rings. The van der Waals surface area contributed by atoms with Crippen molar-refractivity contribution in [1.82, 2.24) is 29.9 Å². The summed E-state index contributed by atoms with van der Waals surface area (Å²) in [6.45, 7) is 7.26. The number of carbonyl (C=O) groups excluding carboxylic acids is 1. The number of H-pyrrole nitrogens is 1. The van der Waals surface area contributed by atoms with Crippen molar-refractivity contribution in [1.29, 1.82) is 0 Å². The van der Waals surface area contributed by atoms with Crippen LogP contribution in [-0.4, -0.2) is 42.3 Å². The van der Waals surface area contributed by atoms with E-state index < -0.39 is 0 Å². The van der Waals surface area contributed by atoms with E-state index in [-0.39, 0.29) is 11.3 Å². The second-order valence-corrected chi connectivity index (χ2v) is 9.85. The molecular formula is C24H26ClN7O. The molecule has 0 unspecified atom stereocenters. The smallest absolute Gasteiger partial charge is 0.228 e. The molecule has 3 heterocycles. The Labute approximate surface area is 197 Å². The molecule has 0 atom stereocenters. The molecule has 2 aromatic heterocycles. The van der Waals surface area contributed by atoms with Gasteiger partial charge in [0.15, 0.2) is 5.82 Å². The molecule has 8 nitrogen and oxygen atoms in total. The lowest BCUT2D eigenvalue weighted by molar-refractivity contribution is -0.140.